The molecule has 0 saturated heterocycles. The second-order valence-corrected chi connectivity index (χ2v) is 4.52. The molecule has 0 aliphatic heterocycles. The van der Waals surface area contributed by atoms with Gasteiger partial charge in [-0.3, -0.25) is 4.79 Å². The Bertz CT molecular complexity index is 453. The summed E-state index contributed by atoms with van der Waals surface area (Å²) < 4.78 is 5.28. The Hall–Kier alpha value is -1.73. The van der Waals surface area contributed by atoms with E-state index in [1.165, 1.54) is 0 Å². The molecular formula is C13H15ClN2O2. The molecule has 1 aromatic carbocycles. The first kappa shape index (κ1) is 14.3. The third kappa shape index (κ3) is 4.27. The Morgan fingerprint density at radius 1 is 1.50 bits per heavy atom. The second-order valence-electron chi connectivity index (χ2n) is 4.09. The molecule has 0 aliphatic rings. The molecule has 0 saturated carbocycles. The first-order valence-electron chi connectivity index (χ1n) is 5.60. The molecule has 1 amide bonds. The molecule has 0 spiro atoms. The number of rotatable bonds is 5. The number of benzene rings is 1. The van der Waals surface area contributed by atoms with E-state index in [-0.39, 0.29) is 12.5 Å². The number of carbonyl (C=O) groups is 1. The van der Waals surface area contributed by atoms with Gasteiger partial charge in [0.2, 0.25) is 0 Å². The minimum Gasteiger partial charge on any atom is -0.484 e. The fraction of sp³-hybridized carbons (Fsp3) is 0.385. The summed E-state index contributed by atoms with van der Waals surface area (Å²) in [6.07, 6.45) is 0.538. The largest absolute Gasteiger partial charge is 0.484 e. The average molecular weight is 267 g/mol. The second kappa shape index (κ2) is 6.27. The molecule has 96 valence electrons. The quantitative estimate of drug-likeness (QED) is 0.891. The molecule has 4 nitrogen and oxygen atoms in total. The zero-order valence-electron chi connectivity index (χ0n) is 10.4. The van der Waals surface area contributed by atoms with Crippen LogP contribution in [-0.2, 0) is 4.79 Å². The van der Waals surface area contributed by atoms with E-state index in [4.69, 9.17) is 21.6 Å². The molecule has 1 rings (SSSR count). The highest BCUT2D eigenvalue weighted by molar-refractivity contribution is 6.30. The topological polar surface area (TPSA) is 62.1 Å². The Morgan fingerprint density at radius 2 is 2.11 bits per heavy atom. The van der Waals surface area contributed by atoms with Crippen molar-refractivity contribution in [1.82, 2.24) is 5.32 Å². The maximum absolute atomic E-state index is 11.6. The van der Waals surface area contributed by atoms with E-state index >= 15 is 0 Å². The summed E-state index contributed by atoms with van der Waals surface area (Å²) in [7, 11) is 0. The monoisotopic (exact) mass is 266 g/mol. The van der Waals surface area contributed by atoms with Gasteiger partial charge in [-0.25, -0.2) is 0 Å². The predicted octanol–water partition coefficient (Wildman–Crippen LogP) is 2.53. The van der Waals surface area contributed by atoms with E-state index in [2.05, 4.69) is 11.4 Å². The number of amides is 1. The third-order valence-electron chi connectivity index (χ3n) is 2.55. The van der Waals surface area contributed by atoms with E-state index in [9.17, 15) is 4.79 Å². The van der Waals surface area contributed by atoms with Crippen LogP contribution < -0.4 is 10.1 Å². The van der Waals surface area contributed by atoms with Gasteiger partial charge in [0.05, 0.1) is 6.07 Å². The molecule has 0 unspecified atom stereocenters. The van der Waals surface area contributed by atoms with Crippen molar-refractivity contribution in [2.45, 2.75) is 25.8 Å². The number of nitrogens with one attached hydrogen (secondary N) is 1. The number of ether oxygens (including phenoxy) is 1. The van der Waals surface area contributed by atoms with Gasteiger partial charge in [-0.1, -0.05) is 18.5 Å². The number of nitrogens with zero attached hydrogens (tertiary/aromatic N) is 1. The van der Waals surface area contributed by atoms with Crippen molar-refractivity contribution in [3.63, 3.8) is 0 Å². The number of carbonyl (C=O) groups excluding carboxylic acids is 1. The van der Waals surface area contributed by atoms with Crippen molar-refractivity contribution in [2.24, 2.45) is 0 Å². The molecule has 1 N–H and O–H groups in total. The number of nitriles is 1. The minimum atomic E-state index is -0.847. The van der Waals surface area contributed by atoms with Crippen molar-refractivity contribution >= 4 is 17.5 Å². The Kier molecular flexibility index (Phi) is 4.99. The van der Waals surface area contributed by atoms with Crippen LogP contribution in [-0.4, -0.2) is 18.1 Å². The summed E-state index contributed by atoms with van der Waals surface area (Å²) in [5.41, 5.74) is -0.847. The lowest BCUT2D eigenvalue weighted by molar-refractivity contribution is -0.124. The third-order valence-corrected chi connectivity index (χ3v) is 2.80. The van der Waals surface area contributed by atoms with Gasteiger partial charge in [-0.05, 0) is 37.6 Å². The van der Waals surface area contributed by atoms with Crippen molar-refractivity contribution in [3.05, 3.63) is 29.3 Å². The molecule has 1 aromatic rings. The van der Waals surface area contributed by atoms with Crippen molar-refractivity contribution < 1.29 is 9.53 Å². The molecular weight excluding hydrogens is 252 g/mol. The summed E-state index contributed by atoms with van der Waals surface area (Å²) in [5, 5.41) is 12.2. The van der Waals surface area contributed by atoms with E-state index in [0.29, 0.717) is 17.2 Å². The molecule has 0 aliphatic carbocycles. The Balaban J connectivity index is 2.47. The van der Waals surface area contributed by atoms with Gasteiger partial charge in [0.25, 0.3) is 5.91 Å². The summed E-state index contributed by atoms with van der Waals surface area (Å²) in [6.45, 7) is 3.38. The number of hydrogen-bond acceptors (Lipinski definition) is 3. The average Bonchev–Trinajstić information content (AvgIpc) is 2.38. The molecule has 0 aromatic heterocycles. The van der Waals surface area contributed by atoms with Crippen molar-refractivity contribution in [1.29, 1.82) is 5.26 Å². The molecule has 0 radical (unpaired) electrons. The predicted molar refractivity (Wildman–Crippen MR) is 69.4 cm³/mol. The SMILES string of the molecule is CC[C@](C)(C#N)NC(=O)COc1ccc(Cl)cc1. The number of hydrogen-bond donors (Lipinski definition) is 1. The smallest absolute Gasteiger partial charge is 0.259 e. The normalized spacial score (nSPS) is 13.2. The maximum atomic E-state index is 11.6. The van der Waals surface area contributed by atoms with Gasteiger partial charge in [0.1, 0.15) is 11.3 Å². The van der Waals surface area contributed by atoms with Gasteiger partial charge >= 0.3 is 0 Å². The maximum Gasteiger partial charge on any atom is 0.259 e. The van der Waals surface area contributed by atoms with Crippen LogP contribution in [0.25, 0.3) is 0 Å². The van der Waals surface area contributed by atoms with Gasteiger partial charge in [0.15, 0.2) is 6.61 Å². The molecule has 5 heteroatoms. The van der Waals surface area contributed by atoms with Gasteiger partial charge in [-0.15, -0.1) is 0 Å². The standard InChI is InChI=1S/C13H15ClN2O2/c1-3-13(2,9-15)16-12(17)8-18-11-6-4-10(14)5-7-11/h4-7H,3,8H2,1-2H3,(H,16,17)/t13-/m1/s1. The van der Waals surface area contributed by atoms with Gasteiger partial charge in [0, 0.05) is 5.02 Å². The Morgan fingerprint density at radius 3 is 2.61 bits per heavy atom. The highest BCUT2D eigenvalue weighted by Gasteiger charge is 2.23. The summed E-state index contributed by atoms with van der Waals surface area (Å²) in [6, 6.07) is 8.78. The Labute approximate surface area is 112 Å². The van der Waals surface area contributed by atoms with Crippen LogP contribution in [0.3, 0.4) is 0 Å². The van der Waals surface area contributed by atoms with E-state index in [1.807, 2.05) is 6.92 Å². The highest BCUT2D eigenvalue weighted by Crippen LogP contribution is 2.15. The van der Waals surface area contributed by atoms with E-state index in [0.717, 1.165) is 0 Å². The van der Waals surface area contributed by atoms with Crippen LogP contribution in [0.15, 0.2) is 24.3 Å². The number of halogens is 1. The zero-order chi connectivity index (χ0) is 13.6. The van der Waals surface area contributed by atoms with Crippen molar-refractivity contribution in [3.8, 4) is 11.8 Å². The van der Waals surface area contributed by atoms with Crippen LogP contribution in [0.2, 0.25) is 5.02 Å². The van der Waals surface area contributed by atoms with Crippen LogP contribution in [0.4, 0.5) is 0 Å². The van der Waals surface area contributed by atoms with E-state index < -0.39 is 5.54 Å². The molecule has 0 fully saturated rings. The summed E-state index contributed by atoms with van der Waals surface area (Å²) >= 11 is 5.73. The first-order chi connectivity index (χ1) is 8.49. The fourth-order valence-electron chi connectivity index (χ4n) is 1.22. The van der Waals surface area contributed by atoms with Crippen LogP contribution >= 0.6 is 11.6 Å². The first-order valence-corrected chi connectivity index (χ1v) is 5.97. The molecule has 1 atom stereocenters. The summed E-state index contributed by atoms with van der Waals surface area (Å²) in [5.74, 6) is 0.237. The summed E-state index contributed by atoms with van der Waals surface area (Å²) in [4.78, 5) is 11.6. The lowest BCUT2D eigenvalue weighted by atomic mass is 10.0. The highest BCUT2D eigenvalue weighted by atomic mass is 35.5. The molecule has 0 heterocycles. The lowest BCUT2D eigenvalue weighted by Crippen LogP contribution is -2.46. The van der Waals surface area contributed by atoms with E-state index in [1.54, 1.807) is 31.2 Å². The van der Waals surface area contributed by atoms with Crippen molar-refractivity contribution in [2.75, 3.05) is 6.61 Å². The van der Waals surface area contributed by atoms with Crippen LogP contribution in [0.5, 0.6) is 5.75 Å². The fourth-order valence-corrected chi connectivity index (χ4v) is 1.34. The lowest BCUT2D eigenvalue weighted by Gasteiger charge is -2.21. The van der Waals surface area contributed by atoms with Crippen LogP contribution in [0, 0.1) is 11.3 Å². The van der Waals surface area contributed by atoms with Gasteiger partial charge < -0.3 is 10.1 Å². The minimum absolute atomic E-state index is 0.126. The molecule has 18 heavy (non-hydrogen) atoms. The molecule has 0 bridgehead atoms. The van der Waals surface area contributed by atoms with Gasteiger partial charge in [-0.2, -0.15) is 5.26 Å². The van der Waals surface area contributed by atoms with Crippen LogP contribution in [0.1, 0.15) is 20.3 Å². The zero-order valence-corrected chi connectivity index (χ0v) is 11.1.